The number of hydrogen-bond acceptors (Lipinski definition) is 2. The molecule has 1 N–H and O–H groups in total. The molecule has 1 aromatic carbocycles. The third-order valence-corrected chi connectivity index (χ3v) is 4.03. The molecule has 0 unspecified atom stereocenters. The van der Waals surface area contributed by atoms with Crippen LogP contribution in [0.25, 0.3) is 11.1 Å². The van der Waals surface area contributed by atoms with Crippen LogP contribution in [-0.4, -0.2) is 11.5 Å². The van der Waals surface area contributed by atoms with Crippen LogP contribution in [0.4, 0.5) is 5.82 Å². The summed E-state index contributed by atoms with van der Waals surface area (Å²) >= 11 is 6.39. The average molecular weight is 327 g/mol. The molecule has 120 valence electrons. The van der Waals surface area contributed by atoms with Gasteiger partial charge in [0.25, 0.3) is 0 Å². The van der Waals surface area contributed by atoms with Gasteiger partial charge in [-0.05, 0) is 43.0 Å². The van der Waals surface area contributed by atoms with Gasteiger partial charge >= 0.3 is 0 Å². The summed E-state index contributed by atoms with van der Waals surface area (Å²) < 4.78 is 0. The summed E-state index contributed by atoms with van der Waals surface area (Å²) in [5.74, 6) is 0.732. The molecule has 0 atom stereocenters. The van der Waals surface area contributed by atoms with Crippen molar-refractivity contribution in [3.63, 3.8) is 0 Å². The highest BCUT2D eigenvalue weighted by molar-refractivity contribution is 6.33. The lowest BCUT2D eigenvalue weighted by Gasteiger charge is -2.16. The fraction of sp³-hybridized carbons (Fsp3) is 0.250. The minimum Gasteiger partial charge on any atom is -0.369 e. The Morgan fingerprint density at radius 1 is 1.17 bits per heavy atom. The normalized spacial score (nSPS) is 10.4. The van der Waals surface area contributed by atoms with Crippen molar-refractivity contribution in [2.24, 2.45) is 0 Å². The van der Waals surface area contributed by atoms with Crippen LogP contribution in [0.5, 0.6) is 0 Å². The van der Waals surface area contributed by atoms with Crippen LogP contribution >= 0.6 is 11.6 Å². The summed E-state index contributed by atoms with van der Waals surface area (Å²) in [6.45, 7) is 15.3. The largest absolute Gasteiger partial charge is 0.369 e. The molecule has 0 spiro atoms. The Hall–Kier alpha value is -2.06. The van der Waals surface area contributed by atoms with Gasteiger partial charge in [0.2, 0.25) is 0 Å². The zero-order chi connectivity index (χ0) is 17.0. The number of nitrogens with one attached hydrogen (secondary N) is 1. The summed E-state index contributed by atoms with van der Waals surface area (Å²) in [6.07, 6.45) is 1.03. The molecule has 2 nitrogen and oxygen atoms in total. The molecule has 0 aliphatic rings. The monoisotopic (exact) mass is 326 g/mol. The van der Waals surface area contributed by atoms with E-state index < -0.39 is 0 Å². The lowest BCUT2D eigenvalue weighted by atomic mass is 9.92. The van der Waals surface area contributed by atoms with Gasteiger partial charge < -0.3 is 5.32 Å². The van der Waals surface area contributed by atoms with E-state index in [-0.39, 0.29) is 0 Å². The molecule has 0 aliphatic heterocycles. The van der Waals surface area contributed by atoms with Crippen molar-refractivity contribution in [3.05, 3.63) is 70.9 Å². The second-order valence-corrected chi connectivity index (χ2v) is 6.09. The van der Waals surface area contributed by atoms with Crippen molar-refractivity contribution in [1.82, 2.24) is 4.98 Å². The van der Waals surface area contributed by atoms with Crippen molar-refractivity contribution in [2.75, 3.05) is 11.9 Å². The van der Waals surface area contributed by atoms with E-state index in [1.54, 1.807) is 0 Å². The quantitative estimate of drug-likeness (QED) is 0.708. The molecule has 1 heterocycles. The van der Waals surface area contributed by atoms with Crippen LogP contribution in [0.15, 0.2) is 43.5 Å². The van der Waals surface area contributed by atoms with E-state index in [0.717, 1.165) is 52.3 Å². The SMILES string of the molecule is C=C(C)c1ccccc1C(=C)c1cc(Cl)c(NCCC)nc1C. The highest BCUT2D eigenvalue weighted by atomic mass is 35.5. The van der Waals surface area contributed by atoms with E-state index >= 15 is 0 Å². The van der Waals surface area contributed by atoms with Crippen LogP contribution in [0.1, 0.15) is 42.7 Å². The molecule has 23 heavy (non-hydrogen) atoms. The van der Waals surface area contributed by atoms with Crippen LogP contribution in [0.2, 0.25) is 5.02 Å². The summed E-state index contributed by atoms with van der Waals surface area (Å²) in [4.78, 5) is 4.60. The molecule has 0 radical (unpaired) electrons. The Kier molecular flexibility index (Phi) is 5.62. The first-order chi connectivity index (χ1) is 11.0. The first kappa shape index (κ1) is 17.3. The van der Waals surface area contributed by atoms with Crippen molar-refractivity contribution in [1.29, 1.82) is 0 Å². The Balaban J connectivity index is 2.45. The fourth-order valence-electron chi connectivity index (χ4n) is 2.52. The van der Waals surface area contributed by atoms with Gasteiger partial charge in [-0.25, -0.2) is 4.98 Å². The lowest BCUT2D eigenvalue weighted by molar-refractivity contribution is 0.965. The molecule has 0 amide bonds. The highest BCUT2D eigenvalue weighted by Crippen LogP contribution is 2.32. The topological polar surface area (TPSA) is 24.9 Å². The fourth-order valence-corrected chi connectivity index (χ4v) is 2.74. The van der Waals surface area contributed by atoms with Crippen molar-refractivity contribution < 1.29 is 0 Å². The van der Waals surface area contributed by atoms with Crippen LogP contribution in [0, 0.1) is 6.92 Å². The second kappa shape index (κ2) is 7.47. The molecular formula is C20H23ClN2. The predicted octanol–water partition coefficient (Wildman–Crippen LogP) is 5.96. The zero-order valence-electron chi connectivity index (χ0n) is 14.0. The molecule has 2 aromatic rings. The van der Waals surface area contributed by atoms with Gasteiger partial charge in [-0.3, -0.25) is 0 Å². The number of allylic oxidation sites excluding steroid dienone is 1. The van der Waals surface area contributed by atoms with Crippen LogP contribution in [-0.2, 0) is 0 Å². The summed E-state index contributed by atoms with van der Waals surface area (Å²) in [5, 5.41) is 3.87. The van der Waals surface area contributed by atoms with E-state index in [1.165, 1.54) is 0 Å². The van der Waals surface area contributed by atoms with Crippen molar-refractivity contribution in [2.45, 2.75) is 27.2 Å². The Labute approximate surface area is 143 Å². The zero-order valence-corrected chi connectivity index (χ0v) is 14.8. The van der Waals surface area contributed by atoms with Gasteiger partial charge in [-0.1, -0.05) is 61.5 Å². The maximum atomic E-state index is 6.39. The van der Waals surface area contributed by atoms with Gasteiger partial charge in [0.15, 0.2) is 0 Å². The van der Waals surface area contributed by atoms with Gasteiger partial charge in [-0.15, -0.1) is 0 Å². The number of anilines is 1. The molecule has 3 heteroatoms. The molecule has 0 saturated carbocycles. The maximum absolute atomic E-state index is 6.39. The van der Waals surface area contributed by atoms with E-state index in [2.05, 4.69) is 42.5 Å². The van der Waals surface area contributed by atoms with Crippen LogP contribution < -0.4 is 5.32 Å². The number of rotatable bonds is 6. The second-order valence-electron chi connectivity index (χ2n) is 5.68. The van der Waals surface area contributed by atoms with Gasteiger partial charge in [0, 0.05) is 17.8 Å². The number of halogens is 1. The van der Waals surface area contributed by atoms with E-state index in [0.29, 0.717) is 5.02 Å². The molecule has 0 aliphatic carbocycles. The summed E-state index contributed by atoms with van der Waals surface area (Å²) in [6, 6.07) is 10.1. The number of nitrogens with zero attached hydrogens (tertiary/aromatic N) is 1. The van der Waals surface area contributed by atoms with E-state index in [1.807, 2.05) is 32.0 Å². The molecule has 1 aromatic heterocycles. The minimum absolute atomic E-state index is 0.619. The van der Waals surface area contributed by atoms with Crippen LogP contribution in [0.3, 0.4) is 0 Å². The predicted molar refractivity (Wildman–Crippen MR) is 102 cm³/mol. The molecule has 0 bridgehead atoms. The molecule has 0 saturated heterocycles. The summed E-state index contributed by atoms with van der Waals surface area (Å²) in [7, 11) is 0. The summed E-state index contributed by atoms with van der Waals surface area (Å²) in [5.41, 5.74) is 5.97. The number of hydrogen-bond donors (Lipinski definition) is 1. The molecular weight excluding hydrogens is 304 g/mol. The molecule has 2 rings (SSSR count). The lowest BCUT2D eigenvalue weighted by Crippen LogP contribution is -2.05. The average Bonchev–Trinajstić information content (AvgIpc) is 2.54. The van der Waals surface area contributed by atoms with E-state index in [4.69, 9.17) is 11.6 Å². The smallest absolute Gasteiger partial charge is 0.145 e. The van der Waals surface area contributed by atoms with Gasteiger partial charge in [-0.2, -0.15) is 0 Å². The van der Waals surface area contributed by atoms with E-state index in [9.17, 15) is 0 Å². The van der Waals surface area contributed by atoms with Gasteiger partial charge in [0.1, 0.15) is 5.82 Å². The first-order valence-corrected chi connectivity index (χ1v) is 8.19. The third kappa shape index (κ3) is 3.83. The standard InChI is InChI=1S/C20H23ClN2/c1-6-11-22-20-19(21)12-18(15(5)23-20)14(4)17-10-8-7-9-16(17)13(2)3/h7-10,12H,2,4,6,11H2,1,3,5H3,(H,22,23). The Morgan fingerprint density at radius 3 is 2.43 bits per heavy atom. The number of aromatic nitrogens is 1. The molecule has 0 fully saturated rings. The first-order valence-electron chi connectivity index (χ1n) is 7.81. The minimum atomic E-state index is 0.619. The Morgan fingerprint density at radius 2 is 1.83 bits per heavy atom. The number of aryl methyl sites for hydroxylation is 1. The maximum Gasteiger partial charge on any atom is 0.145 e. The van der Waals surface area contributed by atoms with Crippen molar-refractivity contribution >= 4 is 28.6 Å². The van der Waals surface area contributed by atoms with Gasteiger partial charge in [0.05, 0.1) is 5.02 Å². The number of pyridine rings is 1. The third-order valence-electron chi connectivity index (χ3n) is 3.75. The Bertz CT molecular complexity index is 747. The number of benzene rings is 1. The highest BCUT2D eigenvalue weighted by Gasteiger charge is 2.14. The van der Waals surface area contributed by atoms with Crippen molar-refractivity contribution in [3.8, 4) is 0 Å².